The van der Waals surface area contributed by atoms with Crippen molar-refractivity contribution in [1.29, 1.82) is 5.41 Å². The molecule has 0 saturated carbocycles. The number of carboxylic acid groups (broad SMARTS) is 2. The summed E-state index contributed by atoms with van der Waals surface area (Å²) in [7, 11) is 0. The van der Waals surface area contributed by atoms with Crippen LogP contribution in [0.3, 0.4) is 0 Å². The monoisotopic (exact) mass is 287 g/mol. The molecule has 3 N–H and O–H groups in total. The molecule has 0 aromatic heterocycles. The van der Waals surface area contributed by atoms with Crippen molar-refractivity contribution in [2.75, 3.05) is 26.2 Å². The van der Waals surface area contributed by atoms with Crippen LogP contribution < -0.4 is 0 Å². The number of nitrogens with zero attached hydrogens (tertiary/aromatic N) is 2. The third-order valence-corrected chi connectivity index (χ3v) is 2.49. The number of carbonyl (C=O) groups is 2. The van der Waals surface area contributed by atoms with Gasteiger partial charge in [-0.15, -0.1) is 0 Å². The van der Waals surface area contributed by atoms with E-state index in [1.165, 1.54) is 0 Å². The normalized spacial score (nSPS) is 9.60. The summed E-state index contributed by atoms with van der Waals surface area (Å²) in [5.74, 6) is -1.86. The van der Waals surface area contributed by atoms with Gasteiger partial charge in [-0.3, -0.25) is 5.41 Å². The van der Waals surface area contributed by atoms with Crippen molar-refractivity contribution in [3.8, 4) is 0 Å². The van der Waals surface area contributed by atoms with Gasteiger partial charge in [0, 0.05) is 38.3 Å². The molecule has 116 valence electrons. The molecule has 20 heavy (non-hydrogen) atoms. The number of rotatable bonds is 6. The van der Waals surface area contributed by atoms with Crippen molar-refractivity contribution in [2.45, 2.75) is 27.7 Å². The van der Waals surface area contributed by atoms with Gasteiger partial charge in [-0.05, 0) is 27.7 Å². The second kappa shape index (κ2) is 12.0. The molecule has 7 heteroatoms. The van der Waals surface area contributed by atoms with E-state index in [2.05, 4.69) is 37.5 Å². The number of hydrogen-bond acceptors (Lipinski definition) is 3. The Morgan fingerprint density at radius 1 is 0.850 bits per heavy atom. The van der Waals surface area contributed by atoms with Crippen LogP contribution in [0.25, 0.3) is 0 Å². The molecule has 0 unspecified atom stereocenters. The lowest BCUT2D eigenvalue weighted by Gasteiger charge is -2.30. The highest BCUT2D eigenvalue weighted by atomic mass is 16.4. The fourth-order valence-corrected chi connectivity index (χ4v) is 1.39. The summed E-state index contributed by atoms with van der Waals surface area (Å²) in [6.07, 6.45) is 1.12. The topological polar surface area (TPSA) is 105 Å². The van der Waals surface area contributed by atoms with Gasteiger partial charge < -0.3 is 20.0 Å². The molecule has 0 rings (SSSR count). The van der Waals surface area contributed by atoms with Gasteiger partial charge in [-0.2, -0.15) is 0 Å². The van der Waals surface area contributed by atoms with Crippen LogP contribution in [0.5, 0.6) is 0 Å². The molecule has 0 aliphatic rings. The van der Waals surface area contributed by atoms with Gasteiger partial charge in [0.2, 0.25) is 0 Å². The Morgan fingerprint density at radius 2 is 1.10 bits per heavy atom. The van der Waals surface area contributed by atoms with E-state index in [9.17, 15) is 9.59 Å². The zero-order valence-corrected chi connectivity index (χ0v) is 12.6. The van der Waals surface area contributed by atoms with Crippen molar-refractivity contribution >= 4 is 17.9 Å². The fraction of sp³-hybridized carbons (Fsp3) is 0.615. The van der Waals surface area contributed by atoms with Crippen molar-refractivity contribution < 1.29 is 19.8 Å². The maximum atomic E-state index is 9.55. The molecule has 0 spiro atoms. The van der Waals surface area contributed by atoms with E-state index in [1.54, 1.807) is 0 Å². The Labute approximate surface area is 120 Å². The lowest BCUT2D eigenvalue weighted by Crippen LogP contribution is -2.43. The Bertz CT molecular complexity index is 305. The van der Waals surface area contributed by atoms with Gasteiger partial charge >= 0.3 is 11.9 Å². The van der Waals surface area contributed by atoms with Crippen LogP contribution in [0.4, 0.5) is 0 Å². The van der Waals surface area contributed by atoms with E-state index in [0.29, 0.717) is 18.1 Å². The summed E-state index contributed by atoms with van der Waals surface area (Å²) in [5, 5.41) is 23.5. The van der Waals surface area contributed by atoms with Crippen LogP contribution in [0.2, 0.25) is 0 Å². The molecule has 0 aromatic carbocycles. The quantitative estimate of drug-likeness (QED) is 0.386. The first-order valence-corrected chi connectivity index (χ1v) is 6.56. The minimum atomic E-state index is -1.26. The van der Waals surface area contributed by atoms with Crippen molar-refractivity contribution in [2.24, 2.45) is 0 Å². The van der Waals surface area contributed by atoms with Gasteiger partial charge in [0.15, 0.2) is 5.96 Å². The van der Waals surface area contributed by atoms with E-state index >= 15 is 0 Å². The predicted molar refractivity (Wildman–Crippen MR) is 78.0 cm³/mol. The average Bonchev–Trinajstić information content (AvgIpc) is 2.40. The molecular weight excluding hydrogens is 262 g/mol. The molecule has 0 fully saturated rings. The maximum Gasteiger partial charge on any atom is 0.328 e. The van der Waals surface area contributed by atoms with Crippen LogP contribution in [-0.2, 0) is 9.59 Å². The van der Waals surface area contributed by atoms with E-state index < -0.39 is 11.9 Å². The molecule has 7 nitrogen and oxygen atoms in total. The smallest absolute Gasteiger partial charge is 0.328 e. The predicted octanol–water partition coefficient (Wildman–Crippen LogP) is 1.32. The minimum Gasteiger partial charge on any atom is -0.478 e. The summed E-state index contributed by atoms with van der Waals surface area (Å²) in [6, 6.07) is 0. The number of nitrogens with one attached hydrogen (secondary N) is 1. The highest BCUT2D eigenvalue weighted by Crippen LogP contribution is 1.96. The Hall–Kier alpha value is -2.05. The van der Waals surface area contributed by atoms with E-state index in [4.69, 9.17) is 15.6 Å². The highest BCUT2D eigenvalue weighted by Gasteiger charge is 2.10. The van der Waals surface area contributed by atoms with Crippen molar-refractivity contribution in [3.63, 3.8) is 0 Å². The molecule has 0 bridgehead atoms. The largest absolute Gasteiger partial charge is 0.478 e. The molecule has 0 aliphatic heterocycles. The summed E-state index contributed by atoms with van der Waals surface area (Å²) < 4.78 is 0. The van der Waals surface area contributed by atoms with Gasteiger partial charge in [0.05, 0.1) is 0 Å². The highest BCUT2D eigenvalue weighted by molar-refractivity contribution is 5.89. The first kappa shape index (κ1) is 20.3. The summed E-state index contributed by atoms with van der Waals surface area (Å²) in [4.78, 5) is 23.2. The second-order valence-electron chi connectivity index (χ2n) is 3.68. The molecule has 0 amide bonds. The molecule has 0 radical (unpaired) electrons. The summed E-state index contributed by atoms with van der Waals surface area (Å²) in [5.41, 5.74) is 0. The molecule has 0 aliphatic carbocycles. The van der Waals surface area contributed by atoms with Crippen LogP contribution in [-0.4, -0.2) is 64.1 Å². The third-order valence-electron chi connectivity index (χ3n) is 2.49. The Morgan fingerprint density at radius 3 is 1.25 bits per heavy atom. The second-order valence-corrected chi connectivity index (χ2v) is 3.68. The molecule has 0 aromatic rings. The summed E-state index contributed by atoms with van der Waals surface area (Å²) >= 11 is 0. The van der Waals surface area contributed by atoms with Gasteiger partial charge in [0.25, 0.3) is 0 Å². The van der Waals surface area contributed by atoms with Crippen LogP contribution in [0.15, 0.2) is 12.2 Å². The van der Waals surface area contributed by atoms with Gasteiger partial charge in [-0.1, -0.05) is 0 Å². The van der Waals surface area contributed by atoms with Crippen LogP contribution in [0.1, 0.15) is 27.7 Å². The Kier molecular flexibility index (Phi) is 12.2. The minimum absolute atomic E-state index is 0.558. The van der Waals surface area contributed by atoms with Crippen molar-refractivity contribution in [3.05, 3.63) is 12.2 Å². The summed E-state index contributed by atoms with van der Waals surface area (Å²) in [6.45, 7) is 12.0. The number of guanidine groups is 1. The standard InChI is InChI=1S/C9H21N3.C4H4O4/c1-5-11(6-2)9(10)12(7-3)8-4;5-3(6)1-2-4(7)8/h10H,5-8H2,1-4H3;1-2H,(H,5,6)(H,7,8)/b;2-1-. The molecule has 0 heterocycles. The van der Waals surface area contributed by atoms with Gasteiger partial charge in [0.1, 0.15) is 0 Å². The van der Waals surface area contributed by atoms with E-state index in [-0.39, 0.29) is 0 Å². The zero-order valence-electron chi connectivity index (χ0n) is 12.6. The molecule has 0 saturated heterocycles. The number of carboxylic acids is 2. The first-order chi connectivity index (χ1) is 9.33. The lowest BCUT2D eigenvalue weighted by molar-refractivity contribution is -0.134. The van der Waals surface area contributed by atoms with Crippen molar-refractivity contribution in [1.82, 2.24) is 9.80 Å². The average molecular weight is 287 g/mol. The number of aliphatic carboxylic acids is 2. The molecular formula is C13H25N3O4. The number of hydrogen-bond donors (Lipinski definition) is 3. The van der Waals surface area contributed by atoms with Gasteiger partial charge in [-0.25, -0.2) is 9.59 Å². The first-order valence-electron chi connectivity index (χ1n) is 6.56. The van der Waals surface area contributed by atoms with E-state index in [0.717, 1.165) is 26.2 Å². The van der Waals surface area contributed by atoms with E-state index in [1.807, 2.05) is 0 Å². The molecule has 0 atom stereocenters. The van der Waals surface area contributed by atoms with Crippen LogP contribution >= 0.6 is 0 Å². The maximum absolute atomic E-state index is 9.55. The zero-order chi connectivity index (χ0) is 16.1. The third kappa shape index (κ3) is 9.93. The lowest BCUT2D eigenvalue weighted by atomic mass is 10.4. The fourth-order valence-electron chi connectivity index (χ4n) is 1.39. The SMILES string of the molecule is CCN(CC)C(=N)N(CC)CC.O=C(O)/C=C\C(=O)O. The van der Waals surface area contributed by atoms with Crippen LogP contribution in [0, 0.1) is 5.41 Å². The Balaban J connectivity index is 0.